The lowest BCUT2D eigenvalue weighted by molar-refractivity contribution is -0.143. The predicted octanol–water partition coefficient (Wildman–Crippen LogP) is 7.43. The van der Waals surface area contributed by atoms with Crippen molar-refractivity contribution in [3.05, 3.63) is 64.0 Å². The van der Waals surface area contributed by atoms with Crippen LogP contribution in [-0.4, -0.2) is 52.3 Å². The Hall–Kier alpha value is -3.47. The molecule has 1 atom stereocenters. The summed E-state index contributed by atoms with van der Waals surface area (Å²) in [6, 6.07) is 1.75. The van der Waals surface area contributed by atoms with Gasteiger partial charge in [0.15, 0.2) is 0 Å². The number of nitrogens with one attached hydrogen (secondary N) is 1. The second-order valence-electron chi connectivity index (χ2n) is 12.2. The van der Waals surface area contributed by atoms with Crippen LogP contribution in [0.2, 0.25) is 0 Å². The summed E-state index contributed by atoms with van der Waals surface area (Å²) >= 11 is 0. The van der Waals surface area contributed by atoms with Crippen LogP contribution in [0.15, 0.2) is 35.6 Å². The Balaban J connectivity index is 1.75. The van der Waals surface area contributed by atoms with Crippen LogP contribution in [0.4, 0.5) is 45.3 Å². The molecule has 0 amide bonds. The molecule has 1 saturated heterocycles. The number of hydrazone groups is 1. The number of rotatable bonds is 9. The predicted molar refractivity (Wildman–Crippen MR) is 156 cm³/mol. The molecule has 8 nitrogen and oxygen atoms in total. The average molecular weight is 683 g/mol. The molecule has 0 spiro atoms. The Bertz CT molecular complexity index is 1350. The fourth-order valence-corrected chi connectivity index (χ4v) is 6.58. The summed E-state index contributed by atoms with van der Waals surface area (Å²) in [4.78, 5) is 7.07. The van der Waals surface area contributed by atoms with Gasteiger partial charge in [0, 0.05) is 50.5 Å². The molecule has 47 heavy (non-hydrogen) atoms. The number of alkyl halides is 9. The van der Waals surface area contributed by atoms with E-state index in [4.69, 9.17) is 11.6 Å². The summed E-state index contributed by atoms with van der Waals surface area (Å²) in [5.41, 5.74) is 3.69. The van der Waals surface area contributed by atoms with Crippen molar-refractivity contribution < 1.29 is 44.6 Å². The minimum Gasteiger partial charge on any atom is -0.416 e. The van der Waals surface area contributed by atoms with Gasteiger partial charge in [0.1, 0.15) is 5.82 Å². The van der Waals surface area contributed by atoms with E-state index >= 15 is 0 Å². The van der Waals surface area contributed by atoms with Crippen molar-refractivity contribution in [3.8, 4) is 0 Å². The molecule has 2 heterocycles. The lowest BCUT2D eigenvalue weighted by Crippen LogP contribution is -2.39. The first-order valence-electron chi connectivity index (χ1n) is 15.1. The maximum atomic E-state index is 13.9. The summed E-state index contributed by atoms with van der Waals surface area (Å²) in [5.74, 6) is 5.63. The highest BCUT2D eigenvalue weighted by Gasteiger charge is 2.39. The highest BCUT2D eigenvalue weighted by atomic mass is 19.4. The van der Waals surface area contributed by atoms with E-state index in [0.717, 1.165) is 49.5 Å². The molecule has 1 aliphatic carbocycles. The molecule has 2 aliphatic rings. The van der Waals surface area contributed by atoms with Gasteiger partial charge in [0.2, 0.25) is 0 Å². The fraction of sp³-hybridized carbons (Fsp3) is 0.600. The number of hydrazine groups is 1. The van der Waals surface area contributed by atoms with Crippen LogP contribution < -0.4 is 10.7 Å². The van der Waals surface area contributed by atoms with Gasteiger partial charge in [0.05, 0.1) is 16.7 Å². The molecule has 2 aromatic rings. The molecule has 0 unspecified atom stereocenters. The monoisotopic (exact) mass is 682 g/mol. The highest BCUT2D eigenvalue weighted by molar-refractivity contribution is 5.87. The van der Waals surface area contributed by atoms with E-state index in [2.05, 4.69) is 10.1 Å². The Labute approximate surface area is 266 Å². The van der Waals surface area contributed by atoms with Crippen molar-refractivity contribution in [1.29, 1.82) is 0 Å². The number of pyridine rings is 1. The molecular weight excluding hydrogens is 645 g/mol. The summed E-state index contributed by atoms with van der Waals surface area (Å²) in [6.45, 7) is -0.717. The van der Waals surface area contributed by atoms with E-state index < -0.39 is 59.8 Å². The third-order valence-electron chi connectivity index (χ3n) is 8.75. The van der Waals surface area contributed by atoms with Crippen molar-refractivity contribution in [3.63, 3.8) is 0 Å². The lowest BCUT2D eigenvalue weighted by Gasteiger charge is -2.39. The number of nitrogens with zero attached hydrogens (tertiary/aromatic N) is 5. The Morgan fingerprint density at radius 1 is 0.915 bits per heavy atom. The van der Waals surface area contributed by atoms with Crippen LogP contribution >= 0.6 is 0 Å². The van der Waals surface area contributed by atoms with E-state index in [9.17, 15) is 44.6 Å². The normalized spacial score (nSPS) is 21.3. The molecule has 1 saturated carbocycles. The number of hydrogen-bond acceptors (Lipinski definition) is 6. The van der Waals surface area contributed by atoms with E-state index in [1.165, 1.54) is 7.05 Å². The molecule has 1 aliphatic heterocycles. The van der Waals surface area contributed by atoms with Gasteiger partial charge in [-0.25, -0.2) is 10.8 Å². The van der Waals surface area contributed by atoms with Gasteiger partial charge in [-0.1, -0.05) is 12.8 Å². The number of anilines is 1. The van der Waals surface area contributed by atoms with E-state index in [-0.39, 0.29) is 36.0 Å². The van der Waals surface area contributed by atoms with Gasteiger partial charge < -0.3 is 20.6 Å². The number of benzene rings is 1. The highest BCUT2D eigenvalue weighted by Crippen LogP contribution is 2.41. The zero-order valence-electron chi connectivity index (χ0n) is 25.6. The van der Waals surface area contributed by atoms with Crippen LogP contribution in [-0.2, 0) is 31.6 Å². The molecular formula is C30H37F9N7O-. The molecule has 1 aromatic carbocycles. The second kappa shape index (κ2) is 14.3. The van der Waals surface area contributed by atoms with Crippen molar-refractivity contribution in [2.75, 3.05) is 25.1 Å². The smallest absolute Gasteiger partial charge is 0.416 e. The molecule has 1 aromatic heterocycles. The first-order valence-corrected chi connectivity index (χ1v) is 15.1. The van der Waals surface area contributed by atoms with Crippen molar-refractivity contribution in [2.45, 2.75) is 82.6 Å². The Kier molecular flexibility index (Phi) is 11.1. The minimum atomic E-state index is -5.13. The molecule has 262 valence electrons. The third-order valence-corrected chi connectivity index (χ3v) is 8.75. The number of aliphatic hydroxyl groups is 1. The van der Waals surface area contributed by atoms with E-state index in [0.29, 0.717) is 42.3 Å². The third kappa shape index (κ3) is 9.33. The summed E-state index contributed by atoms with van der Waals surface area (Å²) < 4.78 is 123. The molecule has 4 N–H and O–H groups in total. The molecule has 0 bridgehead atoms. The lowest BCUT2D eigenvalue weighted by atomic mass is 9.77. The van der Waals surface area contributed by atoms with Gasteiger partial charge in [0.25, 0.3) is 0 Å². The van der Waals surface area contributed by atoms with Crippen LogP contribution in [0.25, 0.3) is 5.73 Å². The standard InChI is InChI=1S/C30H37F9N7O/c1-44(41)43-27(40)45(16-19-11-22(28(31,32)33)14-23(12-19)29(34,35)36)17-21-13-24(30(37,38)39)15-42-26(21)46-9-2-3-25(46)20-6-4-18(5-7-20)8-10-47/h11-15,18,20,25,47H,2-10,16-17,41H2,1H3,(H-,40,43)/q-1/t18?,20?,25-/m1/s1. The quantitative estimate of drug-likeness (QED) is 0.0938. The summed E-state index contributed by atoms with van der Waals surface area (Å²) in [6.07, 6.45) is -8.65. The Morgan fingerprint density at radius 3 is 2.04 bits per heavy atom. The Morgan fingerprint density at radius 2 is 1.51 bits per heavy atom. The van der Waals surface area contributed by atoms with E-state index in [1.807, 2.05) is 4.90 Å². The topological polar surface area (TPSA) is 105 Å². The zero-order valence-corrected chi connectivity index (χ0v) is 25.6. The molecule has 4 rings (SSSR count). The number of halogens is 9. The van der Waals surface area contributed by atoms with Gasteiger partial charge in [-0.15, -0.1) is 0 Å². The van der Waals surface area contributed by atoms with Gasteiger partial charge >= 0.3 is 18.5 Å². The van der Waals surface area contributed by atoms with Crippen molar-refractivity contribution in [1.82, 2.24) is 15.0 Å². The van der Waals surface area contributed by atoms with Crippen molar-refractivity contribution in [2.24, 2.45) is 22.8 Å². The van der Waals surface area contributed by atoms with Gasteiger partial charge in [-0.05, 0) is 80.3 Å². The minimum absolute atomic E-state index is 0.0247. The average Bonchev–Trinajstić information content (AvgIpc) is 3.45. The first kappa shape index (κ1) is 36.4. The van der Waals surface area contributed by atoms with Crippen LogP contribution in [0.3, 0.4) is 0 Å². The van der Waals surface area contributed by atoms with Crippen LogP contribution in [0, 0.1) is 11.8 Å². The number of aliphatic hydroxyl groups excluding tert-OH is 1. The molecule has 2 fully saturated rings. The zero-order chi connectivity index (χ0) is 34.7. The number of hydrogen-bond donors (Lipinski definition) is 2. The maximum absolute atomic E-state index is 13.9. The maximum Gasteiger partial charge on any atom is 0.417 e. The van der Waals surface area contributed by atoms with E-state index in [1.54, 1.807) is 0 Å². The second-order valence-corrected chi connectivity index (χ2v) is 12.2. The number of nitrogens with two attached hydrogens (primary N) is 1. The van der Waals surface area contributed by atoms with Gasteiger partial charge in [-0.3, -0.25) is 10.2 Å². The summed E-state index contributed by atoms with van der Waals surface area (Å²) in [7, 11) is 1.22. The fourth-order valence-electron chi connectivity index (χ4n) is 6.58. The number of guanidine groups is 1. The largest absolute Gasteiger partial charge is 0.417 e. The summed E-state index contributed by atoms with van der Waals surface area (Å²) in [5, 5.41) is 13.7. The van der Waals surface area contributed by atoms with Crippen molar-refractivity contribution >= 4 is 11.8 Å². The van der Waals surface area contributed by atoms with Crippen LogP contribution in [0.5, 0.6) is 0 Å². The van der Waals surface area contributed by atoms with Gasteiger partial charge in [-0.2, -0.15) is 39.5 Å². The SMILES string of the molecule is CN(N)/N=C(\[NH-])N(Cc1cc(C(F)(F)F)cc(C(F)(F)F)c1)Cc1cc(C(F)(F)F)cnc1N1CCC[C@@H]1C1CCC(CCO)CC1. The molecule has 0 radical (unpaired) electrons. The van der Waals surface area contributed by atoms with Crippen LogP contribution in [0.1, 0.15) is 72.8 Å². The first-order chi connectivity index (χ1) is 21.9. The number of aromatic nitrogens is 1. The molecule has 17 heteroatoms.